The van der Waals surface area contributed by atoms with Crippen LogP contribution in [0.2, 0.25) is 0 Å². The summed E-state index contributed by atoms with van der Waals surface area (Å²) in [4.78, 5) is 28.9. The second-order valence-corrected chi connectivity index (χ2v) is 7.49. The number of nitrogens with one attached hydrogen (secondary N) is 3. The van der Waals surface area contributed by atoms with Gasteiger partial charge in [-0.15, -0.1) is 11.3 Å². The summed E-state index contributed by atoms with van der Waals surface area (Å²) < 4.78 is 5.66. The van der Waals surface area contributed by atoms with Gasteiger partial charge >= 0.3 is 6.03 Å². The lowest BCUT2D eigenvalue weighted by Crippen LogP contribution is -2.19. The lowest BCUT2D eigenvalue weighted by molar-refractivity contribution is 0.102. The molecule has 1 heterocycles. The Morgan fingerprint density at radius 1 is 0.812 bits per heavy atom. The van der Waals surface area contributed by atoms with E-state index in [2.05, 4.69) is 20.9 Å². The van der Waals surface area contributed by atoms with Crippen molar-refractivity contribution in [2.24, 2.45) is 0 Å². The molecule has 32 heavy (non-hydrogen) atoms. The third-order valence-corrected chi connectivity index (χ3v) is 5.03. The molecule has 0 radical (unpaired) electrons. The van der Waals surface area contributed by atoms with Crippen molar-refractivity contribution in [3.63, 3.8) is 0 Å². The highest BCUT2D eigenvalue weighted by molar-refractivity contribution is 7.07. The fourth-order valence-corrected chi connectivity index (χ4v) is 3.40. The molecule has 0 aliphatic rings. The minimum Gasteiger partial charge on any atom is -0.487 e. The third kappa shape index (κ3) is 5.93. The van der Waals surface area contributed by atoms with Crippen LogP contribution in [0.25, 0.3) is 0 Å². The van der Waals surface area contributed by atoms with Crippen LogP contribution in [0.4, 0.5) is 21.9 Å². The lowest BCUT2D eigenvalue weighted by Gasteiger charge is -2.10. The summed E-state index contributed by atoms with van der Waals surface area (Å²) in [6.07, 6.45) is 0. The molecule has 1 aromatic heterocycles. The minimum absolute atomic E-state index is 0.262. The van der Waals surface area contributed by atoms with Crippen molar-refractivity contribution in [2.75, 3.05) is 16.0 Å². The highest BCUT2D eigenvalue weighted by Gasteiger charge is 2.08. The van der Waals surface area contributed by atoms with Gasteiger partial charge in [0.25, 0.3) is 5.91 Å². The number of nitrogens with zero attached hydrogens (tertiary/aromatic N) is 1. The molecule has 4 rings (SSSR count). The number of urea groups is 1. The van der Waals surface area contributed by atoms with Gasteiger partial charge in [0.1, 0.15) is 12.4 Å². The van der Waals surface area contributed by atoms with Crippen LogP contribution in [0.3, 0.4) is 0 Å². The van der Waals surface area contributed by atoms with E-state index in [0.29, 0.717) is 35.0 Å². The number of carbonyl (C=O) groups excluding carboxylic acids is 2. The maximum atomic E-state index is 12.6. The SMILES string of the molecule is O=C(Nc1ccccc1)Nc1cccc(NC(=O)c2ccc(OCc3cscn3)cc2)c1. The molecule has 0 unspecified atom stereocenters. The first-order valence-corrected chi connectivity index (χ1v) is 10.7. The Morgan fingerprint density at radius 2 is 1.50 bits per heavy atom. The molecule has 0 saturated carbocycles. The summed E-state index contributed by atoms with van der Waals surface area (Å²) in [6.45, 7) is 0.382. The highest BCUT2D eigenvalue weighted by atomic mass is 32.1. The summed E-state index contributed by atoms with van der Waals surface area (Å²) in [5, 5.41) is 10.3. The Kier molecular flexibility index (Phi) is 6.74. The van der Waals surface area contributed by atoms with Gasteiger partial charge in [-0.25, -0.2) is 9.78 Å². The Labute approximate surface area is 189 Å². The van der Waals surface area contributed by atoms with E-state index in [1.165, 1.54) is 11.3 Å². The van der Waals surface area contributed by atoms with Crippen molar-refractivity contribution in [1.82, 2.24) is 4.98 Å². The first-order chi connectivity index (χ1) is 15.7. The molecule has 0 aliphatic heterocycles. The predicted molar refractivity (Wildman–Crippen MR) is 126 cm³/mol. The zero-order valence-electron chi connectivity index (χ0n) is 16.9. The van der Waals surface area contributed by atoms with Crippen LogP contribution >= 0.6 is 11.3 Å². The van der Waals surface area contributed by atoms with Crippen LogP contribution in [-0.4, -0.2) is 16.9 Å². The molecular formula is C24H20N4O3S. The van der Waals surface area contributed by atoms with Crippen LogP contribution in [-0.2, 0) is 6.61 Å². The molecule has 8 heteroatoms. The number of anilines is 3. The number of rotatable bonds is 7. The molecule has 0 aliphatic carbocycles. The number of thiazole rings is 1. The van der Waals surface area contributed by atoms with Gasteiger partial charge in [-0.1, -0.05) is 24.3 Å². The molecule has 0 fully saturated rings. The Bertz CT molecular complexity index is 1180. The molecule has 7 nitrogen and oxygen atoms in total. The van der Waals surface area contributed by atoms with Crippen LogP contribution in [0.5, 0.6) is 5.75 Å². The van der Waals surface area contributed by atoms with Gasteiger partial charge in [0, 0.05) is 28.0 Å². The molecule has 3 aromatic carbocycles. The van der Waals surface area contributed by atoms with Crippen molar-refractivity contribution >= 4 is 40.3 Å². The fraction of sp³-hybridized carbons (Fsp3) is 0.0417. The second-order valence-electron chi connectivity index (χ2n) is 6.77. The van der Waals surface area contributed by atoms with Crippen molar-refractivity contribution in [3.8, 4) is 5.75 Å². The van der Waals surface area contributed by atoms with Crippen LogP contribution < -0.4 is 20.7 Å². The maximum Gasteiger partial charge on any atom is 0.323 e. The summed E-state index contributed by atoms with van der Waals surface area (Å²) in [5.74, 6) is 0.395. The highest BCUT2D eigenvalue weighted by Crippen LogP contribution is 2.19. The van der Waals surface area contributed by atoms with Crippen LogP contribution in [0, 0.1) is 0 Å². The minimum atomic E-state index is -0.368. The number of para-hydroxylation sites is 1. The Balaban J connectivity index is 1.32. The second kappa shape index (κ2) is 10.2. The zero-order valence-corrected chi connectivity index (χ0v) is 17.8. The average molecular weight is 445 g/mol. The van der Waals surface area contributed by atoms with E-state index in [0.717, 1.165) is 5.69 Å². The first-order valence-electron chi connectivity index (χ1n) is 9.80. The molecule has 160 valence electrons. The van der Waals surface area contributed by atoms with Crippen molar-refractivity contribution < 1.29 is 14.3 Å². The number of hydrogen-bond donors (Lipinski definition) is 3. The van der Waals surface area contributed by atoms with Crippen molar-refractivity contribution in [1.29, 1.82) is 0 Å². The van der Waals surface area contributed by atoms with E-state index < -0.39 is 0 Å². The molecular weight excluding hydrogens is 424 g/mol. The van der Waals surface area contributed by atoms with Crippen LogP contribution in [0.1, 0.15) is 16.1 Å². The molecule has 4 aromatic rings. The zero-order chi connectivity index (χ0) is 22.2. The normalized spacial score (nSPS) is 10.2. The Morgan fingerprint density at radius 3 is 2.22 bits per heavy atom. The molecule has 3 N–H and O–H groups in total. The third-order valence-electron chi connectivity index (χ3n) is 4.40. The van der Waals surface area contributed by atoms with Gasteiger partial charge in [-0.2, -0.15) is 0 Å². The quantitative estimate of drug-likeness (QED) is 0.345. The van der Waals surface area contributed by atoms with Crippen LogP contribution in [0.15, 0.2) is 89.8 Å². The van der Waals surface area contributed by atoms with Crippen molar-refractivity contribution in [2.45, 2.75) is 6.61 Å². The molecule has 0 spiro atoms. The summed E-state index contributed by atoms with van der Waals surface area (Å²) in [6, 6.07) is 22.6. The summed E-state index contributed by atoms with van der Waals surface area (Å²) in [7, 11) is 0. The lowest BCUT2D eigenvalue weighted by atomic mass is 10.2. The maximum absolute atomic E-state index is 12.6. The molecule has 0 bridgehead atoms. The van der Waals surface area contributed by atoms with Crippen molar-refractivity contribution in [3.05, 3.63) is 101 Å². The monoisotopic (exact) mass is 444 g/mol. The Hall–Kier alpha value is -4.17. The topological polar surface area (TPSA) is 92.4 Å². The molecule has 0 atom stereocenters. The molecule has 3 amide bonds. The summed E-state index contributed by atoms with van der Waals surface area (Å²) in [5.41, 5.74) is 4.92. The number of benzene rings is 3. The van der Waals surface area contributed by atoms with Gasteiger partial charge in [0.15, 0.2) is 0 Å². The van der Waals surface area contributed by atoms with Gasteiger partial charge in [-0.05, 0) is 54.6 Å². The van der Waals surface area contributed by atoms with E-state index in [9.17, 15) is 9.59 Å². The number of amides is 3. The summed E-state index contributed by atoms with van der Waals surface area (Å²) >= 11 is 1.52. The number of hydrogen-bond acceptors (Lipinski definition) is 5. The van der Waals surface area contributed by atoms with Gasteiger partial charge in [-0.3, -0.25) is 4.79 Å². The first kappa shape index (κ1) is 21.1. The number of aromatic nitrogens is 1. The predicted octanol–water partition coefficient (Wildman–Crippen LogP) is 5.62. The van der Waals surface area contributed by atoms with E-state index in [-0.39, 0.29) is 11.9 Å². The van der Waals surface area contributed by atoms with E-state index >= 15 is 0 Å². The van der Waals surface area contributed by atoms with E-state index in [4.69, 9.17) is 4.74 Å². The van der Waals surface area contributed by atoms with E-state index in [1.54, 1.807) is 66.2 Å². The number of ether oxygens (including phenoxy) is 1. The average Bonchev–Trinajstić information content (AvgIpc) is 3.32. The van der Waals surface area contributed by atoms with Gasteiger partial charge in [0.05, 0.1) is 11.2 Å². The van der Waals surface area contributed by atoms with Gasteiger partial charge < -0.3 is 20.7 Å². The smallest absolute Gasteiger partial charge is 0.323 e. The number of carbonyl (C=O) groups is 2. The van der Waals surface area contributed by atoms with Gasteiger partial charge in [0.2, 0.25) is 0 Å². The van der Waals surface area contributed by atoms with E-state index in [1.807, 2.05) is 23.6 Å². The largest absolute Gasteiger partial charge is 0.487 e. The standard InChI is InChI=1S/C24H20N4O3S/c29-23(17-9-11-22(12-10-17)31-14-21-15-32-16-25-21)26-19-7-4-8-20(13-19)28-24(30)27-18-5-2-1-3-6-18/h1-13,15-16H,14H2,(H,26,29)(H2,27,28,30). The molecule has 0 saturated heterocycles. The fourth-order valence-electron chi connectivity index (χ4n) is 2.86.